The van der Waals surface area contributed by atoms with E-state index in [1.165, 1.54) is 23.1 Å². The van der Waals surface area contributed by atoms with Gasteiger partial charge in [0.2, 0.25) is 5.88 Å². The maximum Gasteiger partial charge on any atom is 0.335 e. The zero-order chi connectivity index (χ0) is 20.2. The molecule has 4 rings (SSSR count). The lowest BCUT2D eigenvalue weighted by Crippen LogP contribution is -2.44. The number of pyridine rings is 1. The number of para-hydroxylation sites is 1. The molecule has 1 saturated heterocycles. The molecular weight excluding hydrogens is 374 g/mol. The maximum absolute atomic E-state index is 13.2. The van der Waals surface area contributed by atoms with Crippen LogP contribution in [-0.4, -0.2) is 61.1 Å². The predicted octanol–water partition coefficient (Wildman–Crippen LogP) is 2.04. The van der Waals surface area contributed by atoms with Crippen molar-refractivity contribution in [3.63, 3.8) is 0 Å². The Hall–Kier alpha value is -3.75. The van der Waals surface area contributed by atoms with Gasteiger partial charge < -0.3 is 14.7 Å². The van der Waals surface area contributed by atoms with Crippen LogP contribution >= 0.6 is 0 Å². The maximum atomic E-state index is 13.2. The van der Waals surface area contributed by atoms with Crippen LogP contribution in [0.25, 0.3) is 5.69 Å². The van der Waals surface area contributed by atoms with E-state index in [1.54, 1.807) is 35.5 Å². The third-order valence-electron chi connectivity index (χ3n) is 4.70. The van der Waals surface area contributed by atoms with E-state index in [-0.39, 0.29) is 23.5 Å². The molecule has 148 valence electrons. The van der Waals surface area contributed by atoms with Gasteiger partial charge in [0.15, 0.2) is 0 Å². The minimum atomic E-state index is -1.04. The number of carbonyl (C=O) groups excluding carboxylic acids is 1. The van der Waals surface area contributed by atoms with Gasteiger partial charge in [-0.15, -0.1) is 0 Å². The van der Waals surface area contributed by atoms with E-state index >= 15 is 0 Å². The van der Waals surface area contributed by atoms with Gasteiger partial charge in [0.1, 0.15) is 6.10 Å². The number of carboxylic acid groups (broad SMARTS) is 1. The van der Waals surface area contributed by atoms with Crippen molar-refractivity contribution < 1.29 is 19.4 Å². The van der Waals surface area contributed by atoms with Gasteiger partial charge in [-0.1, -0.05) is 12.1 Å². The van der Waals surface area contributed by atoms with E-state index in [2.05, 4.69) is 15.2 Å². The number of piperidine rings is 1. The third kappa shape index (κ3) is 4.08. The minimum absolute atomic E-state index is 0.111. The van der Waals surface area contributed by atoms with Crippen LogP contribution in [-0.2, 0) is 0 Å². The minimum Gasteiger partial charge on any atom is -0.478 e. The molecule has 1 amide bonds. The lowest BCUT2D eigenvalue weighted by atomic mass is 10.1. The molecule has 3 aromatic rings. The first kappa shape index (κ1) is 18.6. The number of benzene rings is 1. The molecule has 1 aliphatic rings. The van der Waals surface area contributed by atoms with Gasteiger partial charge in [-0.2, -0.15) is 15.0 Å². The summed E-state index contributed by atoms with van der Waals surface area (Å²) in [6, 6.07) is 9.99. The fraction of sp³-hybridized carbons (Fsp3) is 0.250. The Morgan fingerprint density at radius 1 is 1.10 bits per heavy atom. The summed E-state index contributed by atoms with van der Waals surface area (Å²) in [4.78, 5) is 31.5. The monoisotopic (exact) mass is 393 g/mol. The molecule has 1 N–H and O–H groups in total. The first-order chi connectivity index (χ1) is 14.1. The molecule has 1 atom stereocenters. The Labute approximate surface area is 166 Å². The lowest BCUT2D eigenvalue weighted by Gasteiger charge is -2.33. The van der Waals surface area contributed by atoms with Crippen molar-refractivity contribution in [2.24, 2.45) is 0 Å². The molecular formula is C20H19N5O4. The average Bonchev–Trinajstić information content (AvgIpc) is 3.28. The number of likely N-dealkylation sites (tertiary alicyclic amines) is 1. The van der Waals surface area contributed by atoms with Gasteiger partial charge in [-0.3, -0.25) is 4.79 Å². The van der Waals surface area contributed by atoms with Gasteiger partial charge in [0.25, 0.3) is 5.91 Å². The molecule has 0 bridgehead atoms. The highest BCUT2D eigenvalue weighted by Gasteiger charge is 2.27. The van der Waals surface area contributed by atoms with Crippen LogP contribution in [0.5, 0.6) is 5.88 Å². The highest BCUT2D eigenvalue weighted by Crippen LogP contribution is 2.21. The number of amides is 1. The highest BCUT2D eigenvalue weighted by molar-refractivity contribution is 5.97. The zero-order valence-electron chi connectivity index (χ0n) is 15.5. The van der Waals surface area contributed by atoms with Crippen molar-refractivity contribution >= 4 is 11.9 Å². The van der Waals surface area contributed by atoms with Crippen molar-refractivity contribution in [3.05, 3.63) is 66.1 Å². The molecule has 3 heterocycles. The Bertz CT molecular complexity index is 1020. The summed E-state index contributed by atoms with van der Waals surface area (Å²) < 4.78 is 5.87. The first-order valence-corrected chi connectivity index (χ1v) is 9.23. The van der Waals surface area contributed by atoms with E-state index in [0.717, 1.165) is 12.8 Å². The molecule has 1 aromatic carbocycles. The number of carbonyl (C=O) groups is 2. The summed E-state index contributed by atoms with van der Waals surface area (Å²) in [6.07, 6.45) is 5.79. The molecule has 0 spiro atoms. The Morgan fingerprint density at radius 3 is 2.69 bits per heavy atom. The molecule has 9 nitrogen and oxygen atoms in total. The number of hydrogen-bond donors (Lipinski definition) is 1. The van der Waals surface area contributed by atoms with E-state index in [4.69, 9.17) is 9.84 Å². The molecule has 29 heavy (non-hydrogen) atoms. The van der Waals surface area contributed by atoms with Crippen molar-refractivity contribution in [1.82, 2.24) is 24.9 Å². The van der Waals surface area contributed by atoms with Gasteiger partial charge in [-0.25, -0.2) is 9.78 Å². The standard InChI is InChI=1S/C20H19N5O4/c26-19(16-5-1-2-6-17(16)25-22-9-10-23-25)24-11-3-4-15(13-24)29-18-12-14(20(27)28)7-8-21-18/h1-2,5-10,12,15H,3-4,11,13H2,(H,27,28). The third-order valence-corrected chi connectivity index (χ3v) is 4.70. The van der Waals surface area contributed by atoms with Crippen LogP contribution < -0.4 is 4.74 Å². The number of carboxylic acids is 1. The molecule has 0 radical (unpaired) electrons. The van der Waals surface area contributed by atoms with Crippen LogP contribution in [0, 0.1) is 0 Å². The number of nitrogens with zero attached hydrogens (tertiary/aromatic N) is 5. The van der Waals surface area contributed by atoms with Gasteiger partial charge in [0.05, 0.1) is 35.8 Å². The predicted molar refractivity (Wildman–Crippen MR) is 102 cm³/mol. The number of ether oxygens (including phenoxy) is 1. The van der Waals surface area contributed by atoms with Gasteiger partial charge in [-0.05, 0) is 31.0 Å². The summed E-state index contributed by atoms with van der Waals surface area (Å²) in [5, 5.41) is 17.4. The Kier molecular flexibility index (Phi) is 5.19. The second kappa shape index (κ2) is 8.09. The van der Waals surface area contributed by atoms with E-state index in [0.29, 0.717) is 24.3 Å². The van der Waals surface area contributed by atoms with Crippen LogP contribution in [0.4, 0.5) is 0 Å². The number of rotatable bonds is 5. The molecule has 9 heteroatoms. The largest absolute Gasteiger partial charge is 0.478 e. The quantitative estimate of drug-likeness (QED) is 0.706. The second-order valence-corrected chi connectivity index (χ2v) is 6.66. The fourth-order valence-corrected chi connectivity index (χ4v) is 3.34. The van der Waals surface area contributed by atoms with Crippen molar-refractivity contribution in [2.75, 3.05) is 13.1 Å². The molecule has 0 aliphatic carbocycles. The highest BCUT2D eigenvalue weighted by atomic mass is 16.5. The molecule has 1 unspecified atom stereocenters. The molecule has 1 fully saturated rings. The number of aromatic carboxylic acids is 1. The van der Waals surface area contributed by atoms with Crippen molar-refractivity contribution in [3.8, 4) is 11.6 Å². The summed E-state index contributed by atoms with van der Waals surface area (Å²) in [5.74, 6) is -0.926. The van der Waals surface area contributed by atoms with E-state index in [9.17, 15) is 9.59 Å². The SMILES string of the molecule is O=C(O)c1ccnc(OC2CCCN(C(=O)c3ccccc3-n3nccn3)C2)c1. The summed E-state index contributed by atoms with van der Waals surface area (Å²) in [6.45, 7) is 1.00. The number of hydrogen-bond acceptors (Lipinski definition) is 6. The smallest absolute Gasteiger partial charge is 0.335 e. The molecule has 2 aromatic heterocycles. The van der Waals surface area contributed by atoms with Gasteiger partial charge >= 0.3 is 5.97 Å². The lowest BCUT2D eigenvalue weighted by molar-refractivity contribution is 0.0527. The van der Waals surface area contributed by atoms with E-state index in [1.807, 2.05) is 6.07 Å². The normalized spacial score (nSPS) is 16.4. The van der Waals surface area contributed by atoms with E-state index < -0.39 is 5.97 Å². The topological polar surface area (TPSA) is 110 Å². The number of aromatic nitrogens is 4. The van der Waals surface area contributed by atoms with Gasteiger partial charge in [0, 0.05) is 18.8 Å². The second-order valence-electron chi connectivity index (χ2n) is 6.66. The van der Waals surface area contributed by atoms with Crippen LogP contribution in [0.3, 0.4) is 0 Å². The molecule has 0 saturated carbocycles. The summed E-state index contributed by atoms with van der Waals surface area (Å²) in [7, 11) is 0. The fourth-order valence-electron chi connectivity index (χ4n) is 3.34. The van der Waals surface area contributed by atoms with Crippen molar-refractivity contribution in [2.45, 2.75) is 18.9 Å². The Morgan fingerprint density at radius 2 is 1.90 bits per heavy atom. The summed E-state index contributed by atoms with van der Waals surface area (Å²) >= 11 is 0. The van der Waals surface area contributed by atoms with Crippen LogP contribution in [0.15, 0.2) is 55.0 Å². The molecule has 1 aliphatic heterocycles. The summed E-state index contributed by atoms with van der Waals surface area (Å²) in [5.41, 5.74) is 1.23. The zero-order valence-corrected chi connectivity index (χ0v) is 15.5. The van der Waals surface area contributed by atoms with Crippen LogP contribution in [0.2, 0.25) is 0 Å². The Balaban J connectivity index is 1.50. The van der Waals surface area contributed by atoms with Crippen molar-refractivity contribution in [1.29, 1.82) is 0 Å². The first-order valence-electron chi connectivity index (χ1n) is 9.23. The average molecular weight is 393 g/mol. The van der Waals surface area contributed by atoms with Crippen LogP contribution in [0.1, 0.15) is 33.6 Å².